The number of rotatable bonds is 7. The van der Waals surface area contributed by atoms with Crippen molar-refractivity contribution in [2.75, 3.05) is 19.0 Å². The van der Waals surface area contributed by atoms with Crippen LogP contribution in [0.15, 0.2) is 30.3 Å². The molecular formula is C15H11ClF3N4NaO7S. The summed E-state index contributed by atoms with van der Waals surface area (Å²) in [6, 6.07) is 4.05. The molecule has 0 aliphatic rings. The second-order valence-electron chi connectivity index (χ2n) is 5.28. The second-order valence-corrected chi connectivity index (χ2v) is 6.87. The zero-order chi connectivity index (χ0) is 23.2. The van der Waals surface area contributed by atoms with Crippen LogP contribution in [0.4, 0.5) is 23.9 Å². The normalized spacial score (nSPS) is 11.0. The van der Waals surface area contributed by atoms with Crippen molar-refractivity contribution in [1.82, 2.24) is 9.97 Å². The van der Waals surface area contributed by atoms with E-state index in [1.165, 1.54) is 25.3 Å². The summed E-state index contributed by atoms with van der Waals surface area (Å²) in [6.07, 6.45) is -4.80. The fourth-order valence-electron chi connectivity index (χ4n) is 1.84. The van der Waals surface area contributed by atoms with Crippen LogP contribution >= 0.6 is 11.6 Å². The molecule has 2 aromatic rings. The molecule has 0 fully saturated rings. The van der Waals surface area contributed by atoms with Crippen molar-refractivity contribution >= 4 is 39.9 Å². The summed E-state index contributed by atoms with van der Waals surface area (Å²) in [5.41, 5.74) is -0.645. The average molecular weight is 507 g/mol. The minimum Gasteiger partial charge on any atom is -0.481 e. The SMILES string of the molecule is COc1cc(Cl)nc(NC(=O)[N-]S(=O)(=O)Oc2ccccc2C(=O)OCC(F)(F)F)n1.[Na+]. The van der Waals surface area contributed by atoms with Gasteiger partial charge in [-0.3, -0.25) is 9.52 Å². The topological polar surface area (TPSA) is 148 Å². The van der Waals surface area contributed by atoms with Gasteiger partial charge in [0.05, 0.1) is 7.11 Å². The Morgan fingerprint density at radius 1 is 1.22 bits per heavy atom. The minimum absolute atomic E-state index is 0. The number of anilines is 1. The molecule has 1 aromatic heterocycles. The summed E-state index contributed by atoms with van der Waals surface area (Å²) < 4.78 is 76.8. The molecular weight excluding hydrogens is 496 g/mol. The van der Waals surface area contributed by atoms with Crippen molar-refractivity contribution < 1.29 is 74.4 Å². The molecule has 0 saturated heterocycles. The molecule has 1 heterocycles. The van der Waals surface area contributed by atoms with Crippen LogP contribution in [0.5, 0.6) is 11.6 Å². The number of methoxy groups -OCH3 is 1. The van der Waals surface area contributed by atoms with E-state index in [1.54, 1.807) is 0 Å². The number of urea groups is 1. The van der Waals surface area contributed by atoms with Gasteiger partial charge < -0.3 is 19.0 Å². The number of nitrogens with one attached hydrogen (secondary N) is 1. The zero-order valence-corrected chi connectivity index (χ0v) is 19.8. The van der Waals surface area contributed by atoms with E-state index in [-0.39, 0.29) is 40.6 Å². The molecule has 0 spiro atoms. The number of nitrogens with zero attached hydrogens (tertiary/aromatic N) is 3. The van der Waals surface area contributed by atoms with Crippen LogP contribution < -0.4 is 43.8 Å². The standard InChI is InChI=1S/C15H12ClF3N4O7S.Na/c1-28-11-6-10(16)20-13(21-11)22-14(25)23-31(26,27)30-9-5-3-2-4-8(9)12(24)29-7-15(17,18)19;/h2-6H,7H2,1H3,(H2,20,21,22,23,25);/q;+1/p-1. The maximum atomic E-state index is 12.2. The van der Waals surface area contributed by atoms with Gasteiger partial charge in [0.25, 0.3) is 0 Å². The molecule has 168 valence electrons. The Morgan fingerprint density at radius 2 is 1.88 bits per heavy atom. The summed E-state index contributed by atoms with van der Waals surface area (Å²) in [7, 11) is -3.76. The molecule has 0 aliphatic heterocycles. The number of hydrogen-bond acceptors (Lipinski definition) is 9. The molecule has 0 bridgehead atoms. The third-order valence-corrected chi connectivity index (χ3v) is 3.94. The first-order chi connectivity index (χ1) is 14.4. The number of hydrogen-bond donors (Lipinski definition) is 1. The van der Waals surface area contributed by atoms with Crippen molar-refractivity contribution in [2.24, 2.45) is 0 Å². The van der Waals surface area contributed by atoms with E-state index >= 15 is 0 Å². The van der Waals surface area contributed by atoms with Crippen molar-refractivity contribution in [1.29, 1.82) is 0 Å². The van der Waals surface area contributed by atoms with E-state index in [0.29, 0.717) is 0 Å². The first-order valence-corrected chi connectivity index (χ1v) is 9.53. The number of halogens is 4. The van der Waals surface area contributed by atoms with Gasteiger partial charge in [0.15, 0.2) is 18.4 Å². The second kappa shape index (κ2) is 11.5. The molecule has 0 aliphatic carbocycles. The third-order valence-electron chi connectivity index (χ3n) is 2.96. The summed E-state index contributed by atoms with van der Waals surface area (Å²) in [5, 5.41) is 1.77. The molecule has 0 saturated carbocycles. The van der Waals surface area contributed by atoms with Gasteiger partial charge in [0, 0.05) is 6.07 Å². The van der Waals surface area contributed by atoms with E-state index in [9.17, 15) is 31.2 Å². The Bertz CT molecular complexity index is 1090. The Kier molecular flexibility index (Phi) is 9.96. The number of para-hydroxylation sites is 1. The van der Waals surface area contributed by atoms with Gasteiger partial charge in [0.1, 0.15) is 16.7 Å². The smallest absolute Gasteiger partial charge is 0.481 e. The Labute approximate surface area is 206 Å². The quantitative estimate of drug-likeness (QED) is 0.313. The van der Waals surface area contributed by atoms with Crippen LogP contribution in [-0.4, -0.2) is 50.3 Å². The number of aromatic nitrogens is 2. The molecule has 1 aromatic carbocycles. The molecule has 2 amide bonds. The molecule has 32 heavy (non-hydrogen) atoms. The van der Waals surface area contributed by atoms with Gasteiger partial charge in [-0.05, 0) is 12.1 Å². The average Bonchev–Trinajstić information content (AvgIpc) is 2.64. The van der Waals surface area contributed by atoms with E-state index in [0.717, 1.165) is 12.1 Å². The van der Waals surface area contributed by atoms with Crippen LogP contribution in [0.1, 0.15) is 10.4 Å². The monoisotopic (exact) mass is 506 g/mol. The maximum Gasteiger partial charge on any atom is 1.00 e. The molecule has 1 N–H and O–H groups in total. The number of ether oxygens (including phenoxy) is 2. The molecule has 11 nitrogen and oxygen atoms in total. The van der Waals surface area contributed by atoms with Crippen molar-refractivity contribution in [3.8, 4) is 11.6 Å². The van der Waals surface area contributed by atoms with Crippen LogP contribution in [0.25, 0.3) is 4.72 Å². The van der Waals surface area contributed by atoms with Gasteiger partial charge >= 0.3 is 52.0 Å². The number of alkyl halides is 3. The van der Waals surface area contributed by atoms with Crippen molar-refractivity contribution in [3.63, 3.8) is 0 Å². The predicted octanol–water partition coefficient (Wildman–Crippen LogP) is 0.0911. The predicted molar refractivity (Wildman–Crippen MR) is 98.3 cm³/mol. The fourth-order valence-corrected chi connectivity index (χ4v) is 2.67. The largest absolute Gasteiger partial charge is 1.00 e. The summed E-state index contributed by atoms with van der Waals surface area (Å²) in [6.45, 7) is -1.90. The number of carbonyl (C=O) groups is 2. The van der Waals surface area contributed by atoms with Gasteiger partial charge in [-0.2, -0.15) is 26.6 Å². The summed E-state index contributed by atoms with van der Waals surface area (Å²) >= 11 is 5.68. The van der Waals surface area contributed by atoms with Gasteiger partial charge in [0.2, 0.25) is 5.88 Å². The van der Waals surface area contributed by atoms with Crippen LogP contribution in [0.3, 0.4) is 0 Å². The molecule has 0 atom stereocenters. The van der Waals surface area contributed by atoms with Crippen molar-refractivity contribution in [2.45, 2.75) is 6.18 Å². The third kappa shape index (κ3) is 9.04. The van der Waals surface area contributed by atoms with E-state index < -0.39 is 52.3 Å². The van der Waals surface area contributed by atoms with E-state index in [2.05, 4.69) is 23.6 Å². The van der Waals surface area contributed by atoms with Crippen LogP contribution in [0, 0.1) is 0 Å². The van der Waals surface area contributed by atoms with Crippen molar-refractivity contribution in [3.05, 3.63) is 45.8 Å². The summed E-state index contributed by atoms with van der Waals surface area (Å²) in [5.74, 6) is -2.70. The molecule has 17 heteroatoms. The minimum atomic E-state index is -5.02. The maximum absolute atomic E-state index is 12.2. The van der Waals surface area contributed by atoms with Gasteiger partial charge in [-0.15, -0.1) is 0 Å². The first-order valence-electron chi connectivity index (χ1n) is 7.78. The number of carbonyl (C=O) groups excluding carboxylic acids is 2. The van der Waals surface area contributed by atoms with Crippen LogP contribution in [-0.2, 0) is 15.0 Å². The number of amides is 2. The first kappa shape index (κ1) is 27.7. The Morgan fingerprint density at radius 3 is 2.50 bits per heavy atom. The fraction of sp³-hybridized carbons (Fsp3) is 0.200. The Hall–Kier alpha value is -2.33. The van der Waals surface area contributed by atoms with E-state index in [1.807, 2.05) is 5.32 Å². The number of benzene rings is 1. The van der Waals surface area contributed by atoms with E-state index in [4.69, 9.17) is 16.3 Å². The van der Waals surface area contributed by atoms with Gasteiger partial charge in [-0.1, -0.05) is 23.7 Å². The molecule has 0 unspecified atom stereocenters. The molecule has 2 rings (SSSR count). The van der Waals surface area contributed by atoms with Gasteiger partial charge in [-0.25, -0.2) is 9.78 Å². The zero-order valence-electron chi connectivity index (χ0n) is 16.2. The number of esters is 1. The Balaban J connectivity index is 0.00000512. The molecule has 0 radical (unpaired) electrons. The van der Waals surface area contributed by atoms with Crippen LogP contribution in [0.2, 0.25) is 5.15 Å². The summed E-state index contributed by atoms with van der Waals surface area (Å²) in [4.78, 5) is 30.9.